The van der Waals surface area contributed by atoms with Gasteiger partial charge in [0.25, 0.3) is 0 Å². The Balaban J connectivity index is 1.92. The van der Waals surface area contributed by atoms with E-state index in [4.69, 9.17) is 9.15 Å². The van der Waals surface area contributed by atoms with Crippen molar-refractivity contribution in [2.75, 3.05) is 0 Å². The number of rotatable bonds is 2. The Morgan fingerprint density at radius 3 is 2.92 bits per heavy atom. The number of esters is 1. The fourth-order valence-corrected chi connectivity index (χ4v) is 1.09. The van der Waals surface area contributed by atoms with E-state index in [2.05, 4.69) is 0 Å². The van der Waals surface area contributed by atoms with Gasteiger partial charge in [0.1, 0.15) is 6.10 Å². The van der Waals surface area contributed by atoms with Crippen LogP contribution in [0.1, 0.15) is 29.8 Å². The highest BCUT2D eigenvalue weighted by molar-refractivity contribution is 5.86. The van der Waals surface area contributed by atoms with Crippen molar-refractivity contribution in [2.24, 2.45) is 0 Å². The highest BCUT2D eigenvalue weighted by atomic mass is 16.6. The van der Waals surface area contributed by atoms with Gasteiger partial charge in [-0.2, -0.15) is 0 Å². The summed E-state index contributed by atoms with van der Waals surface area (Å²) in [5.41, 5.74) is 0. The summed E-state index contributed by atoms with van der Waals surface area (Å²) in [6.45, 7) is 0. The van der Waals surface area contributed by atoms with Crippen molar-refractivity contribution >= 4 is 5.97 Å². The summed E-state index contributed by atoms with van der Waals surface area (Å²) in [4.78, 5) is 11.2. The summed E-state index contributed by atoms with van der Waals surface area (Å²) in [5, 5.41) is 0. The molecule has 0 aromatic carbocycles. The average molecular weight is 166 g/mol. The summed E-state index contributed by atoms with van der Waals surface area (Å²) < 4.78 is 9.99. The van der Waals surface area contributed by atoms with E-state index in [1.54, 1.807) is 12.1 Å². The van der Waals surface area contributed by atoms with Gasteiger partial charge in [0, 0.05) is 0 Å². The van der Waals surface area contributed by atoms with E-state index in [1.165, 1.54) is 6.26 Å². The molecule has 0 radical (unpaired) electrons. The molecule has 64 valence electrons. The van der Waals surface area contributed by atoms with Gasteiger partial charge in [-0.3, -0.25) is 0 Å². The van der Waals surface area contributed by atoms with Gasteiger partial charge in [0.15, 0.2) is 0 Å². The van der Waals surface area contributed by atoms with Crippen LogP contribution in [0.4, 0.5) is 0 Å². The number of hydrogen-bond acceptors (Lipinski definition) is 3. The van der Waals surface area contributed by atoms with E-state index in [-0.39, 0.29) is 12.1 Å². The van der Waals surface area contributed by atoms with Crippen LogP contribution in [0.25, 0.3) is 0 Å². The summed E-state index contributed by atoms with van der Waals surface area (Å²) in [5.74, 6) is -0.0494. The molecule has 0 spiro atoms. The van der Waals surface area contributed by atoms with Gasteiger partial charge in [0.05, 0.1) is 6.26 Å². The molecule has 2 rings (SSSR count). The van der Waals surface area contributed by atoms with Crippen molar-refractivity contribution < 1.29 is 13.9 Å². The number of hydrogen-bond donors (Lipinski definition) is 0. The third kappa shape index (κ3) is 1.35. The van der Waals surface area contributed by atoms with Crippen LogP contribution in [-0.2, 0) is 4.74 Å². The van der Waals surface area contributed by atoms with Crippen molar-refractivity contribution in [2.45, 2.75) is 25.4 Å². The minimum absolute atomic E-state index is 0.127. The molecule has 0 N–H and O–H groups in total. The van der Waals surface area contributed by atoms with E-state index < -0.39 is 0 Å². The first kappa shape index (κ1) is 7.40. The molecule has 0 unspecified atom stereocenters. The predicted molar refractivity (Wildman–Crippen MR) is 41.8 cm³/mol. The number of carbonyl (C=O) groups is 1. The van der Waals surface area contributed by atoms with Crippen LogP contribution >= 0.6 is 0 Å². The average Bonchev–Trinajstić information content (AvgIpc) is 2.47. The third-order valence-electron chi connectivity index (χ3n) is 2.05. The molecule has 0 amide bonds. The van der Waals surface area contributed by atoms with Crippen molar-refractivity contribution in [1.82, 2.24) is 0 Å². The standard InChI is InChI=1S/C9H10O3/c10-9(8-5-2-6-11-8)12-7-3-1-4-7/h2,5-7H,1,3-4H2. The number of carbonyl (C=O) groups excluding carboxylic acids is 1. The van der Waals surface area contributed by atoms with Crippen molar-refractivity contribution in [3.05, 3.63) is 24.2 Å². The first-order valence-corrected chi connectivity index (χ1v) is 4.11. The van der Waals surface area contributed by atoms with Crippen LogP contribution in [0.15, 0.2) is 22.8 Å². The molecule has 1 aromatic rings. The molecule has 1 aromatic heterocycles. The van der Waals surface area contributed by atoms with Gasteiger partial charge in [-0.15, -0.1) is 0 Å². The quantitative estimate of drug-likeness (QED) is 0.630. The first-order valence-electron chi connectivity index (χ1n) is 4.11. The van der Waals surface area contributed by atoms with Gasteiger partial charge in [-0.25, -0.2) is 4.79 Å². The zero-order valence-corrected chi connectivity index (χ0v) is 6.66. The molecule has 0 atom stereocenters. The van der Waals surface area contributed by atoms with Gasteiger partial charge in [0.2, 0.25) is 5.76 Å². The molecule has 1 heterocycles. The van der Waals surface area contributed by atoms with E-state index in [1.807, 2.05) is 0 Å². The highest BCUT2D eigenvalue weighted by Crippen LogP contribution is 2.23. The Kier molecular flexibility index (Phi) is 1.86. The molecule has 1 aliphatic carbocycles. The van der Waals surface area contributed by atoms with Crippen LogP contribution in [0.5, 0.6) is 0 Å². The maximum Gasteiger partial charge on any atom is 0.374 e. The Labute approximate surface area is 70.3 Å². The van der Waals surface area contributed by atoms with Gasteiger partial charge in [-0.05, 0) is 31.4 Å². The smallest absolute Gasteiger partial charge is 0.374 e. The fraction of sp³-hybridized carbons (Fsp3) is 0.444. The lowest BCUT2D eigenvalue weighted by Crippen LogP contribution is -2.24. The van der Waals surface area contributed by atoms with E-state index in [0.717, 1.165) is 19.3 Å². The van der Waals surface area contributed by atoms with Crippen LogP contribution in [0, 0.1) is 0 Å². The van der Waals surface area contributed by atoms with Crippen molar-refractivity contribution in [3.8, 4) is 0 Å². The summed E-state index contributed by atoms with van der Waals surface area (Å²) >= 11 is 0. The second-order valence-corrected chi connectivity index (χ2v) is 2.94. The van der Waals surface area contributed by atoms with Crippen LogP contribution in [0.2, 0.25) is 0 Å². The normalized spacial score (nSPS) is 17.0. The zero-order chi connectivity index (χ0) is 8.39. The molecule has 0 saturated heterocycles. The topological polar surface area (TPSA) is 39.4 Å². The summed E-state index contributed by atoms with van der Waals surface area (Å²) in [7, 11) is 0. The SMILES string of the molecule is O=C(OC1CCC1)c1ccco1. The van der Waals surface area contributed by atoms with E-state index in [0.29, 0.717) is 5.76 Å². The third-order valence-corrected chi connectivity index (χ3v) is 2.05. The fourth-order valence-electron chi connectivity index (χ4n) is 1.09. The lowest BCUT2D eigenvalue weighted by Gasteiger charge is -2.24. The lowest BCUT2D eigenvalue weighted by atomic mass is 9.96. The maximum atomic E-state index is 11.2. The number of furan rings is 1. The monoisotopic (exact) mass is 166 g/mol. The molecule has 12 heavy (non-hydrogen) atoms. The maximum absolute atomic E-state index is 11.2. The predicted octanol–water partition coefficient (Wildman–Crippen LogP) is 1.99. The van der Waals surface area contributed by atoms with Crippen LogP contribution < -0.4 is 0 Å². The minimum Gasteiger partial charge on any atom is -0.457 e. The Morgan fingerprint density at radius 2 is 2.42 bits per heavy atom. The van der Waals surface area contributed by atoms with E-state index in [9.17, 15) is 4.79 Å². The van der Waals surface area contributed by atoms with Crippen LogP contribution in [-0.4, -0.2) is 12.1 Å². The number of ether oxygens (including phenoxy) is 1. The lowest BCUT2D eigenvalue weighted by molar-refractivity contribution is 0.00580. The molecule has 3 nitrogen and oxygen atoms in total. The molecule has 0 aliphatic heterocycles. The molecule has 3 heteroatoms. The second-order valence-electron chi connectivity index (χ2n) is 2.94. The van der Waals surface area contributed by atoms with Gasteiger partial charge >= 0.3 is 5.97 Å². The molecular weight excluding hydrogens is 156 g/mol. The highest BCUT2D eigenvalue weighted by Gasteiger charge is 2.23. The zero-order valence-electron chi connectivity index (χ0n) is 6.66. The largest absolute Gasteiger partial charge is 0.457 e. The molecule has 1 fully saturated rings. The molecule has 1 saturated carbocycles. The first-order chi connectivity index (χ1) is 5.86. The van der Waals surface area contributed by atoms with Crippen molar-refractivity contribution in [3.63, 3.8) is 0 Å². The van der Waals surface area contributed by atoms with E-state index >= 15 is 0 Å². The second kappa shape index (κ2) is 3.01. The van der Waals surface area contributed by atoms with Gasteiger partial charge < -0.3 is 9.15 Å². The molecular formula is C9H10O3. The Hall–Kier alpha value is -1.25. The summed E-state index contributed by atoms with van der Waals surface area (Å²) in [6, 6.07) is 3.29. The molecule has 0 bridgehead atoms. The minimum atomic E-state index is -0.343. The van der Waals surface area contributed by atoms with Gasteiger partial charge in [-0.1, -0.05) is 0 Å². The van der Waals surface area contributed by atoms with Crippen LogP contribution in [0.3, 0.4) is 0 Å². The van der Waals surface area contributed by atoms with Crippen molar-refractivity contribution in [1.29, 1.82) is 0 Å². The summed E-state index contributed by atoms with van der Waals surface area (Å²) in [6.07, 6.45) is 4.74. The Bertz CT molecular complexity index is 259. The Morgan fingerprint density at radius 1 is 1.58 bits per heavy atom. The molecule has 1 aliphatic rings.